The zero-order valence-electron chi connectivity index (χ0n) is 11.6. The minimum atomic E-state index is -2.68. The highest BCUT2D eigenvalue weighted by molar-refractivity contribution is 7.99. The van der Waals surface area contributed by atoms with E-state index < -0.39 is 24.1 Å². The second-order valence-corrected chi connectivity index (χ2v) is 5.67. The van der Waals surface area contributed by atoms with Crippen molar-refractivity contribution in [3.63, 3.8) is 0 Å². The largest absolute Gasteiger partial charge is 0.481 e. The molecule has 0 heterocycles. The molecule has 122 valence electrons. The smallest absolute Gasteiger partial charge is 0.289 e. The maximum absolute atomic E-state index is 13.4. The van der Waals surface area contributed by atoms with E-state index in [1.54, 1.807) is 6.07 Å². The van der Waals surface area contributed by atoms with Gasteiger partial charge in [0.05, 0.1) is 15.6 Å². The first-order valence-corrected chi connectivity index (χ1v) is 7.63. The molecular formula is C15H11ClF3NO2S. The third-order valence-corrected chi connectivity index (χ3v) is 3.92. The highest BCUT2D eigenvalue weighted by atomic mass is 35.5. The second kappa shape index (κ2) is 8.12. The Labute approximate surface area is 139 Å². The van der Waals surface area contributed by atoms with Gasteiger partial charge in [0.2, 0.25) is 0 Å². The maximum atomic E-state index is 13.4. The number of thioether (sulfide) groups is 1. The Bertz CT molecular complexity index is 700. The number of amides is 1. The number of ether oxygens (including phenoxy) is 1. The van der Waals surface area contributed by atoms with Gasteiger partial charge in [-0.25, -0.2) is 4.39 Å². The molecule has 0 aliphatic heterocycles. The summed E-state index contributed by atoms with van der Waals surface area (Å²) < 4.78 is 43.5. The minimum absolute atomic E-state index is 0.0587. The molecule has 0 spiro atoms. The summed E-state index contributed by atoms with van der Waals surface area (Å²) in [5, 5.41) is 2.52. The van der Waals surface area contributed by atoms with E-state index in [4.69, 9.17) is 16.3 Å². The molecule has 0 aromatic heterocycles. The van der Waals surface area contributed by atoms with E-state index >= 15 is 0 Å². The Morgan fingerprint density at radius 1 is 1.22 bits per heavy atom. The first-order valence-electron chi connectivity index (χ1n) is 6.38. The van der Waals surface area contributed by atoms with Crippen LogP contribution in [0.2, 0.25) is 5.02 Å². The molecule has 1 N–H and O–H groups in total. The molecule has 2 aromatic carbocycles. The average molecular weight is 362 g/mol. The first-order chi connectivity index (χ1) is 11.0. The Balaban J connectivity index is 2.03. The first kappa shape index (κ1) is 17.5. The quantitative estimate of drug-likeness (QED) is 0.750. The van der Waals surface area contributed by atoms with Crippen LogP contribution in [-0.4, -0.2) is 18.3 Å². The Morgan fingerprint density at radius 2 is 1.96 bits per heavy atom. The van der Waals surface area contributed by atoms with E-state index in [0.29, 0.717) is 0 Å². The van der Waals surface area contributed by atoms with Crippen molar-refractivity contribution in [2.75, 3.05) is 11.9 Å². The fourth-order valence-corrected chi connectivity index (χ4v) is 2.62. The predicted octanol–water partition coefficient (Wildman–Crippen LogP) is 4.81. The van der Waals surface area contributed by atoms with Gasteiger partial charge in [-0.3, -0.25) is 4.79 Å². The molecule has 0 bridgehead atoms. The van der Waals surface area contributed by atoms with Gasteiger partial charge in [0.15, 0.2) is 18.2 Å². The summed E-state index contributed by atoms with van der Waals surface area (Å²) in [6, 6.07) is 10.0. The normalized spacial score (nSPS) is 10.7. The fraction of sp³-hybridized carbons (Fsp3) is 0.133. The lowest BCUT2D eigenvalue weighted by atomic mass is 10.3. The van der Waals surface area contributed by atoms with Crippen LogP contribution in [0.3, 0.4) is 0 Å². The van der Waals surface area contributed by atoms with Crippen LogP contribution in [0.15, 0.2) is 47.4 Å². The van der Waals surface area contributed by atoms with Gasteiger partial charge in [-0.15, -0.1) is 0 Å². The molecule has 0 unspecified atom stereocenters. The Morgan fingerprint density at radius 3 is 2.65 bits per heavy atom. The van der Waals surface area contributed by atoms with Gasteiger partial charge in [0.1, 0.15) is 0 Å². The van der Waals surface area contributed by atoms with Crippen LogP contribution in [0.5, 0.6) is 5.75 Å². The molecule has 0 saturated carbocycles. The summed E-state index contributed by atoms with van der Waals surface area (Å²) in [5.41, 5.74) is 0.143. The predicted molar refractivity (Wildman–Crippen MR) is 83.8 cm³/mol. The van der Waals surface area contributed by atoms with Crippen LogP contribution in [0.1, 0.15) is 0 Å². The van der Waals surface area contributed by atoms with Crippen LogP contribution in [0.25, 0.3) is 0 Å². The zero-order valence-corrected chi connectivity index (χ0v) is 13.1. The standard InChI is InChI=1S/C15H11ClF3NO2S/c16-9-4-3-6-11(14(9)23-15(18)19)20-13(21)8-22-12-7-2-1-5-10(12)17/h1-7,15H,8H2,(H,20,21). The number of anilines is 1. The number of rotatable bonds is 6. The molecule has 23 heavy (non-hydrogen) atoms. The van der Waals surface area contributed by atoms with E-state index in [1.165, 1.54) is 36.4 Å². The van der Waals surface area contributed by atoms with Crippen LogP contribution < -0.4 is 10.1 Å². The minimum Gasteiger partial charge on any atom is -0.481 e. The molecule has 8 heteroatoms. The van der Waals surface area contributed by atoms with Crippen LogP contribution in [0.4, 0.5) is 18.9 Å². The van der Waals surface area contributed by atoms with E-state index in [9.17, 15) is 18.0 Å². The molecule has 0 fully saturated rings. The summed E-state index contributed by atoms with van der Waals surface area (Å²) in [6.45, 7) is -0.466. The average Bonchev–Trinajstić information content (AvgIpc) is 2.50. The summed E-state index contributed by atoms with van der Waals surface area (Å²) in [7, 11) is 0. The third kappa shape index (κ3) is 5.07. The molecule has 0 aliphatic rings. The molecule has 1 amide bonds. The zero-order chi connectivity index (χ0) is 16.8. The summed E-state index contributed by atoms with van der Waals surface area (Å²) in [4.78, 5) is 11.9. The molecule has 3 nitrogen and oxygen atoms in total. The van der Waals surface area contributed by atoms with Crippen molar-refractivity contribution in [1.29, 1.82) is 0 Å². The van der Waals surface area contributed by atoms with E-state index in [2.05, 4.69) is 5.32 Å². The van der Waals surface area contributed by atoms with E-state index in [-0.39, 0.29) is 33.1 Å². The number of para-hydroxylation sites is 1. The highest BCUT2D eigenvalue weighted by Gasteiger charge is 2.16. The molecule has 2 rings (SSSR count). The van der Waals surface area contributed by atoms with Gasteiger partial charge >= 0.3 is 0 Å². The second-order valence-electron chi connectivity index (χ2n) is 4.26. The molecule has 0 aliphatic carbocycles. The number of halogens is 4. The van der Waals surface area contributed by atoms with Crippen LogP contribution in [-0.2, 0) is 4.79 Å². The lowest BCUT2D eigenvalue weighted by Crippen LogP contribution is -2.21. The molecule has 0 atom stereocenters. The number of carbonyl (C=O) groups is 1. The summed E-state index contributed by atoms with van der Waals surface area (Å²) in [5.74, 6) is -3.97. The van der Waals surface area contributed by atoms with Gasteiger partial charge in [0.25, 0.3) is 11.7 Å². The monoisotopic (exact) mass is 361 g/mol. The van der Waals surface area contributed by atoms with Crippen molar-refractivity contribution >= 4 is 35.0 Å². The highest BCUT2D eigenvalue weighted by Crippen LogP contribution is 2.37. The Kier molecular flexibility index (Phi) is 6.18. The lowest BCUT2D eigenvalue weighted by Gasteiger charge is -2.12. The van der Waals surface area contributed by atoms with Gasteiger partial charge in [-0.05, 0) is 24.3 Å². The van der Waals surface area contributed by atoms with Crippen molar-refractivity contribution in [2.45, 2.75) is 10.7 Å². The van der Waals surface area contributed by atoms with Crippen LogP contribution >= 0.6 is 23.4 Å². The number of hydrogen-bond donors (Lipinski definition) is 1. The van der Waals surface area contributed by atoms with Crippen molar-refractivity contribution < 1.29 is 22.7 Å². The number of hydrogen-bond acceptors (Lipinski definition) is 3. The van der Waals surface area contributed by atoms with Gasteiger partial charge in [0, 0.05) is 0 Å². The number of alkyl halides is 2. The van der Waals surface area contributed by atoms with Crippen molar-refractivity contribution in [1.82, 2.24) is 0 Å². The van der Waals surface area contributed by atoms with Crippen molar-refractivity contribution in [2.24, 2.45) is 0 Å². The number of carbonyl (C=O) groups excluding carboxylic acids is 1. The topological polar surface area (TPSA) is 38.3 Å². The maximum Gasteiger partial charge on any atom is 0.289 e. The molecule has 2 aromatic rings. The third-order valence-electron chi connectivity index (χ3n) is 2.64. The van der Waals surface area contributed by atoms with Crippen molar-refractivity contribution in [3.8, 4) is 5.75 Å². The fourth-order valence-electron chi connectivity index (χ4n) is 1.71. The van der Waals surface area contributed by atoms with Gasteiger partial charge in [-0.1, -0.05) is 41.6 Å². The molecular weight excluding hydrogens is 351 g/mol. The summed E-state index contributed by atoms with van der Waals surface area (Å²) >= 11 is 6.09. The lowest BCUT2D eigenvalue weighted by molar-refractivity contribution is -0.118. The molecule has 0 radical (unpaired) electrons. The summed E-state index contributed by atoms with van der Waals surface area (Å²) in [6.07, 6.45) is 0. The van der Waals surface area contributed by atoms with Gasteiger partial charge < -0.3 is 10.1 Å². The van der Waals surface area contributed by atoms with E-state index in [1.807, 2.05) is 0 Å². The number of nitrogens with one attached hydrogen (secondary N) is 1. The van der Waals surface area contributed by atoms with E-state index in [0.717, 1.165) is 0 Å². The molecule has 0 saturated heterocycles. The van der Waals surface area contributed by atoms with Crippen molar-refractivity contribution in [3.05, 3.63) is 53.3 Å². The van der Waals surface area contributed by atoms with Crippen LogP contribution in [0, 0.1) is 5.82 Å². The Hall–Kier alpha value is -1.86. The van der Waals surface area contributed by atoms with Gasteiger partial charge in [-0.2, -0.15) is 8.78 Å². The SMILES string of the molecule is O=C(COc1ccccc1F)Nc1cccc(Cl)c1SC(F)F. The number of benzene rings is 2.